The second-order valence-electron chi connectivity index (χ2n) is 5.98. The molecular weight excluding hydrogens is 302 g/mol. The van der Waals surface area contributed by atoms with E-state index in [0.717, 1.165) is 38.0 Å². The summed E-state index contributed by atoms with van der Waals surface area (Å²) >= 11 is 0. The molecule has 1 aromatic carbocycles. The van der Waals surface area contributed by atoms with Gasteiger partial charge in [-0.15, -0.1) is 12.4 Å². The molecule has 1 atom stereocenters. The zero-order valence-corrected chi connectivity index (χ0v) is 13.3. The smallest absolute Gasteiger partial charge is 0.253 e. The number of hydrogen-bond donors (Lipinski definition) is 2. The van der Waals surface area contributed by atoms with Crippen molar-refractivity contribution in [3.63, 3.8) is 0 Å². The Bertz CT molecular complexity index is 543. The Morgan fingerprint density at radius 2 is 1.86 bits per heavy atom. The molecule has 0 bridgehead atoms. The van der Waals surface area contributed by atoms with Crippen LogP contribution in [0.3, 0.4) is 0 Å². The van der Waals surface area contributed by atoms with Crippen molar-refractivity contribution in [2.75, 3.05) is 25.0 Å². The van der Waals surface area contributed by atoms with E-state index in [0.29, 0.717) is 18.0 Å². The second-order valence-corrected chi connectivity index (χ2v) is 5.98. The third kappa shape index (κ3) is 3.78. The molecule has 0 spiro atoms. The van der Waals surface area contributed by atoms with E-state index in [9.17, 15) is 9.59 Å². The third-order valence-electron chi connectivity index (χ3n) is 4.25. The SMILES string of the molecule is Cl.NCC1CCN(C(=O)c2ccc(NC(=O)C3CC3)cc2)C1. The topological polar surface area (TPSA) is 75.4 Å². The van der Waals surface area contributed by atoms with Crippen molar-refractivity contribution >= 4 is 29.9 Å². The number of amides is 2. The maximum Gasteiger partial charge on any atom is 0.253 e. The number of anilines is 1. The molecule has 1 aliphatic heterocycles. The Hall–Kier alpha value is -1.59. The van der Waals surface area contributed by atoms with Gasteiger partial charge in [-0.3, -0.25) is 9.59 Å². The van der Waals surface area contributed by atoms with Crippen molar-refractivity contribution in [3.05, 3.63) is 29.8 Å². The lowest BCUT2D eigenvalue weighted by Gasteiger charge is -2.16. The van der Waals surface area contributed by atoms with Crippen LogP contribution in [0, 0.1) is 11.8 Å². The first-order valence-electron chi connectivity index (χ1n) is 7.57. The molecule has 0 radical (unpaired) electrons. The number of carbonyl (C=O) groups excluding carboxylic acids is 2. The van der Waals surface area contributed by atoms with Crippen molar-refractivity contribution < 1.29 is 9.59 Å². The minimum absolute atomic E-state index is 0. The van der Waals surface area contributed by atoms with Crippen LogP contribution >= 0.6 is 12.4 Å². The molecule has 1 aliphatic carbocycles. The maximum absolute atomic E-state index is 12.4. The Kier molecular flexibility index (Phi) is 5.42. The predicted molar refractivity (Wildman–Crippen MR) is 88.1 cm³/mol. The number of benzene rings is 1. The molecule has 22 heavy (non-hydrogen) atoms. The zero-order chi connectivity index (χ0) is 14.8. The first-order chi connectivity index (χ1) is 10.2. The average molecular weight is 324 g/mol. The number of nitrogens with zero attached hydrogens (tertiary/aromatic N) is 1. The van der Waals surface area contributed by atoms with Crippen LogP contribution in [0.1, 0.15) is 29.6 Å². The first kappa shape index (κ1) is 16.8. The van der Waals surface area contributed by atoms with E-state index in [2.05, 4.69) is 5.32 Å². The van der Waals surface area contributed by atoms with E-state index in [-0.39, 0.29) is 30.1 Å². The summed E-state index contributed by atoms with van der Waals surface area (Å²) in [5, 5.41) is 2.88. The lowest BCUT2D eigenvalue weighted by molar-refractivity contribution is -0.117. The van der Waals surface area contributed by atoms with Crippen LogP contribution in [0.2, 0.25) is 0 Å². The molecular formula is C16H22ClN3O2. The molecule has 6 heteroatoms. The third-order valence-corrected chi connectivity index (χ3v) is 4.25. The van der Waals surface area contributed by atoms with Crippen LogP contribution in [0.15, 0.2) is 24.3 Å². The Labute approximate surface area is 136 Å². The monoisotopic (exact) mass is 323 g/mol. The molecule has 1 saturated carbocycles. The van der Waals surface area contributed by atoms with E-state index in [1.165, 1.54) is 0 Å². The molecule has 1 unspecified atom stereocenters. The lowest BCUT2D eigenvalue weighted by atomic mass is 10.1. The maximum atomic E-state index is 12.4. The predicted octanol–water partition coefficient (Wildman–Crippen LogP) is 1.88. The number of nitrogens with two attached hydrogens (primary N) is 1. The number of nitrogens with one attached hydrogen (secondary N) is 1. The summed E-state index contributed by atoms with van der Waals surface area (Å²) in [5.41, 5.74) is 7.07. The van der Waals surface area contributed by atoms with Gasteiger partial charge in [-0.25, -0.2) is 0 Å². The number of rotatable bonds is 4. The summed E-state index contributed by atoms with van der Waals surface area (Å²) in [4.78, 5) is 25.9. The normalized spacial score (nSPS) is 20.4. The van der Waals surface area contributed by atoms with Crippen LogP contribution in [0.25, 0.3) is 0 Å². The number of hydrogen-bond acceptors (Lipinski definition) is 3. The van der Waals surface area contributed by atoms with E-state index in [4.69, 9.17) is 5.73 Å². The van der Waals surface area contributed by atoms with Gasteiger partial charge in [0.1, 0.15) is 0 Å². The van der Waals surface area contributed by atoms with Gasteiger partial charge in [0.05, 0.1) is 0 Å². The van der Waals surface area contributed by atoms with Crippen LogP contribution < -0.4 is 11.1 Å². The highest BCUT2D eigenvalue weighted by Gasteiger charge is 2.29. The van der Waals surface area contributed by atoms with Crippen molar-refractivity contribution in [2.24, 2.45) is 17.6 Å². The highest BCUT2D eigenvalue weighted by Crippen LogP contribution is 2.30. The summed E-state index contributed by atoms with van der Waals surface area (Å²) < 4.78 is 0. The molecule has 2 amide bonds. The van der Waals surface area contributed by atoms with Gasteiger partial charge < -0.3 is 16.0 Å². The van der Waals surface area contributed by atoms with Gasteiger partial charge in [0.15, 0.2) is 0 Å². The molecule has 2 aliphatic rings. The largest absolute Gasteiger partial charge is 0.338 e. The van der Waals surface area contributed by atoms with Gasteiger partial charge in [-0.05, 0) is 56.0 Å². The average Bonchev–Trinajstić information content (AvgIpc) is 3.25. The Morgan fingerprint density at radius 1 is 1.18 bits per heavy atom. The fourth-order valence-corrected chi connectivity index (χ4v) is 2.68. The van der Waals surface area contributed by atoms with E-state index in [1.807, 2.05) is 4.90 Å². The summed E-state index contributed by atoms with van der Waals surface area (Å²) in [7, 11) is 0. The first-order valence-corrected chi connectivity index (χ1v) is 7.57. The second kappa shape index (κ2) is 7.11. The fraction of sp³-hybridized carbons (Fsp3) is 0.500. The van der Waals surface area contributed by atoms with E-state index < -0.39 is 0 Å². The zero-order valence-electron chi connectivity index (χ0n) is 12.5. The minimum atomic E-state index is 0. The Balaban J connectivity index is 0.00000176. The molecule has 2 fully saturated rings. The van der Waals surface area contributed by atoms with E-state index in [1.54, 1.807) is 24.3 Å². The molecule has 1 saturated heterocycles. The van der Waals surface area contributed by atoms with Crippen LogP contribution in [0.4, 0.5) is 5.69 Å². The summed E-state index contributed by atoms with van der Waals surface area (Å²) in [6.45, 7) is 2.16. The number of halogens is 1. The molecule has 3 rings (SSSR count). The summed E-state index contributed by atoms with van der Waals surface area (Å²) in [6, 6.07) is 7.15. The van der Waals surface area contributed by atoms with Gasteiger partial charge in [-0.1, -0.05) is 0 Å². The molecule has 3 N–H and O–H groups in total. The standard InChI is InChI=1S/C16H21N3O2.ClH/c17-9-11-7-8-19(10-11)16(21)13-3-5-14(6-4-13)18-15(20)12-1-2-12;/h3-6,11-12H,1-2,7-10,17H2,(H,18,20);1H. The van der Waals surface area contributed by atoms with Gasteiger partial charge in [0.25, 0.3) is 5.91 Å². The van der Waals surface area contributed by atoms with Gasteiger partial charge in [-0.2, -0.15) is 0 Å². The highest BCUT2D eigenvalue weighted by atomic mass is 35.5. The number of carbonyl (C=O) groups is 2. The molecule has 5 nitrogen and oxygen atoms in total. The molecule has 1 heterocycles. The number of likely N-dealkylation sites (tertiary alicyclic amines) is 1. The van der Waals surface area contributed by atoms with Crippen LogP contribution in [-0.2, 0) is 4.79 Å². The van der Waals surface area contributed by atoms with Gasteiger partial charge >= 0.3 is 0 Å². The van der Waals surface area contributed by atoms with E-state index >= 15 is 0 Å². The van der Waals surface area contributed by atoms with Gasteiger partial charge in [0.2, 0.25) is 5.91 Å². The molecule has 120 valence electrons. The highest BCUT2D eigenvalue weighted by molar-refractivity contribution is 5.96. The molecule has 0 aromatic heterocycles. The van der Waals surface area contributed by atoms with Crippen molar-refractivity contribution in [3.8, 4) is 0 Å². The van der Waals surface area contributed by atoms with Crippen molar-refractivity contribution in [1.82, 2.24) is 4.90 Å². The lowest BCUT2D eigenvalue weighted by Crippen LogP contribution is -2.29. The minimum Gasteiger partial charge on any atom is -0.338 e. The summed E-state index contributed by atoms with van der Waals surface area (Å²) in [6.07, 6.45) is 2.96. The van der Waals surface area contributed by atoms with Crippen LogP contribution in [0.5, 0.6) is 0 Å². The van der Waals surface area contributed by atoms with Crippen LogP contribution in [-0.4, -0.2) is 36.3 Å². The molecule has 1 aromatic rings. The quantitative estimate of drug-likeness (QED) is 0.888. The Morgan fingerprint density at radius 3 is 2.41 bits per heavy atom. The van der Waals surface area contributed by atoms with Gasteiger partial charge in [0, 0.05) is 30.3 Å². The van der Waals surface area contributed by atoms with Crippen molar-refractivity contribution in [2.45, 2.75) is 19.3 Å². The fourth-order valence-electron chi connectivity index (χ4n) is 2.68. The van der Waals surface area contributed by atoms with Crippen molar-refractivity contribution in [1.29, 1.82) is 0 Å². The summed E-state index contributed by atoms with van der Waals surface area (Å²) in [5.74, 6) is 0.737.